The minimum atomic E-state index is 0. The number of aryl methyl sites for hydroxylation is 1. The van der Waals surface area contributed by atoms with Crippen molar-refractivity contribution in [2.75, 3.05) is 19.6 Å². The predicted octanol–water partition coefficient (Wildman–Crippen LogP) is 2.03. The summed E-state index contributed by atoms with van der Waals surface area (Å²) in [4.78, 5) is 24.4. The molecule has 0 amide bonds. The molecule has 132 valence electrons. The summed E-state index contributed by atoms with van der Waals surface area (Å²) in [6.07, 6.45) is 3.71. The quantitative estimate of drug-likeness (QED) is 0.756. The number of aromatic nitrogens is 3. The van der Waals surface area contributed by atoms with Gasteiger partial charge in [0.15, 0.2) is 4.96 Å². The third-order valence-corrected chi connectivity index (χ3v) is 5.36. The molecule has 0 spiro atoms. The Labute approximate surface area is 156 Å². The van der Waals surface area contributed by atoms with Gasteiger partial charge in [-0.05, 0) is 18.6 Å². The summed E-state index contributed by atoms with van der Waals surface area (Å²) in [6.45, 7) is 5.34. The van der Waals surface area contributed by atoms with Crippen LogP contribution < -0.4 is 10.9 Å². The highest BCUT2D eigenvalue weighted by Crippen LogP contribution is 2.23. The molecule has 1 N–H and O–H groups in total. The predicted molar refractivity (Wildman–Crippen MR) is 102 cm³/mol. The van der Waals surface area contributed by atoms with E-state index < -0.39 is 0 Å². The SMILES string of the molecule is Cc1csc2nc(CN3CCNCC3c3cccnc3)cc(=O)n12.Cl. The standard InChI is InChI=1S/C17H19N5OS.ClH/c1-12-11-24-17-20-14(7-16(23)22(12)17)10-21-6-5-19-9-15(21)13-3-2-4-18-8-13;/h2-4,7-8,11,15,19H,5-6,9-10H2,1H3;1H. The van der Waals surface area contributed by atoms with Crippen molar-refractivity contribution in [3.63, 3.8) is 0 Å². The Kier molecular flexibility index (Phi) is 5.48. The molecule has 0 saturated carbocycles. The van der Waals surface area contributed by atoms with Crippen molar-refractivity contribution in [1.29, 1.82) is 0 Å². The summed E-state index contributed by atoms with van der Waals surface area (Å²) in [5, 5.41) is 5.41. The zero-order valence-electron chi connectivity index (χ0n) is 13.9. The molecule has 4 heterocycles. The van der Waals surface area contributed by atoms with Gasteiger partial charge in [0.1, 0.15) is 0 Å². The Hall–Kier alpha value is -1.80. The maximum Gasteiger partial charge on any atom is 0.259 e. The average molecular weight is 378 g/mol. The van der Waals surface area contributed by atoms with Crippen molar-refractivity contribution < 1.29 is 0 Å². The number of rotatable bonds is 3. The maximum atomic E-state index is 12.4. The fourth-order valence-electron chi connectivity index (χ4n) is 3.23. The van der Waals surface area contributed by atoms with Crippen LogP contribution in [0, 0.1) is 6.92 Å². The van der Waals surface area contributed by atoms with Crippen molar-refractivity contribution in [3.8, 4) is 0 Å². The van der Waals surface area contributed by atoms with Crippen molar-refractivity contribution in [2.24, 2.45) is 0 Å². The largest absolute Gasteiger partial charge is 0.314 e. The molecule has 1 fully saturated rings. The van der Waals surface area contributed by atoms with Gasteiger partial charge in [-0.15, -0.1) is 23.7 Å². The van der Waals surface area contributed by atoms with E-state index in [1.165, 1.54) is 16.9 Å². The van der Waals surface area contributed by atoms with E-state index in [0.717, 1.165) is 36.0 Å². The summed E-state index contributed by atoms with van der Waals surface area (Å²) in [5.74, 6) is 0. The van der Waals surface area contributed by atoms with E-state index in [2.05, 4.69) is 26.3 Å². The normalized spacial score (nSPS) is 18.2. The number of fused-ring (bicyclic) bond motifs is 1. The molecule has 8 heteroatoms. The molecule has 3 aromatic heterocycles. The average Bonchev–Trinajstić information content (AvgIpc) is 2.98. The van der Waals surface area contributed by atoms with E-state index >= 15 is 0 Å². The summed E-state index contributed by atoms with van der Waals surface area (Å²) >= 11 is 1.51. The van der Waals surface area contributed by atoms with Gasteiger partial charge in [-0.1, -0.05) is 6.07 Å². The van der Waals surface area contributed by atoms with E-state index in [4.69, 9.17) is 0 Å². The number of piperazine rings is 1. The molecule has 0 bridgehead atoms. The number of nitrogens with one attached hydrogen (secondary N) is 1. The van der Waals surface area contributed by atoms with Crippen LogP contribution >= 0.6 is 23.7 Å². The lowest BCUT2D eigenvalue weighted by Crippen LogP contribution is -2.45. The topological polar surface area (TPSA) is 62.5 Å². The first-order valence-electron chi connectivity index (χ1n) is 8.04. The first-order valence-corrected chi connectivity index (χ1v) is 8.92. The van der Waals surface area contributed by atoms with E-state index in [9.17, 15) is 4.79 Å². The van der Waals surface area contributed by atoms with Crippen LogP contribution in [0.2, 0.25) is 0 Å². The van der Waals surface area contributed by atoms with Crippen LogP contribution in [-0.4, -0.2) is 38.9 Å². The fourth-order valence-corrected chi connectivity index (χ4v) is 4.12. The fraction of sp³-hybridized carbons (Fsp3) is 0.353. The second-order valence-electron chi connectivity index (χ2n) is 6.06. The molecule has 1 saturated heterocycles. The summed E-state index contributed by atoms with van der Waals surface area (Å²) < 4.78 is 1.67. The second kappa shape index (κ2) is 7.61. The molecule has 1 aliphatic heterocycles. The lowest BCUT2D eigenvalue weighted by Gasteiger charge is -2.36. The zero-order valence-corrected chi connectivity index (χ0v) is 15.5. The molecule has 1 aliphatic rings. The third-order valence-electron chi connectivity index (χ3n) is 4.42. The molecule has 0 aromatic carbocycles. The number of halogens is 1. The van der Waals surface area contributed by atoms with Crippen LogP contribution in [0.15, 0.2) is 40.8 Å². The number of pyridine rings is 1. The van der Waals surface area contributed by atoms with Gasteiger partial charge in [-0.2, -0.15) is 0 Å². The Bertz CT molecular complexity index is 910. The van der Waals surface area contributed by atoms with Gasteiger partial charge < -0.3 is 5.32 Å². The third kappa shape index (κ3) is 3.59. The van der Waals surface area contributed by atoms with E-state index in [0.29, 0.717) is 6.54 Å². The molecule has 0 aliphatic carbocycles. The highest BCUT2D eigenvalue weighted by molar-refractivity contribution is 7.15. The van der Waals surface area contributed by atoms with Crippen LogP contribution in [-0.2, 0) is 6.54 Å². The molecule has 25 heavy (non-hydrogen) atoms. The summed E-state index contributed by atoms with van der Waals surface area (Å²) in [5.41, 5.74) is 2.96. The Balaban J connectivity index is 0.00000182. The van der Waals surface area contributed by atoms with Gasteiger partial charge in [0.25, 0.3) is 5.56 Å². The van der Waals surface area contributed by atoms with Gasteiger partial charge in [-0.25, -0.2) is 4.98 Å². The number of nitrogens with zero attached hydrogens (tertiary/aromatic N) is 4. The number of thiazole rings is 1. The van der Waals surface area contributed by atoms with Crippen LogP contribution in [0.25, 0.3) is 4.96 Å². The van der Waals surface area contributed by atoms with Crippen molar-refractivity contribution in [1.82, 2.24) is 24.6 Å². The van der Waals surface area contributed by atoms with Gasteiger partial charge in [0.2, 0.25) is 0 Å². The van der Waals surface area contributed by atoms with Crippen LogP contribution in [0.1, 0.15) is 23.0 Å². The van der Waals surface area contributed by atoms with Gasteiger partial charge in [-0.3, -0.25) is 19.1 Å². The molecular formula is C17H20ClN5OS. The Morgan fingerprint density at radius 2 is 2.32 bits per heavy atom. The summed E-state index contributed by atoms with van der Waals surface area (Å²) in [6, 6.07) is 5.98. The molecule has 1 unspecified atom stereocenters. The first-order chi connectivity index (χ1) is 11.7. The van der Waals surface area contributed by atoms with E-state index in [1.54, 1.807) is 16.7 Å². The highest BCUT2D eigenvalue weighted by Gasteiger charge is 2.24. The van der Waals surface area contributed by atoms with Crippen LogP contribution in [0.3, 0.4) is 0 Å². The lowest BCUT2D eigenvalue weighted by atomic mass is 10.1. The molecule has 6 nitrogen and oxygen atoms in total. The molecular weight excluding hydrogens is 358 g/mol. The van der Waals surface area contributed by atoms with Crippen molar-refractivity contribution >= 4 is 28.7 Å². The molecule has 0 radical (unpaired) electrons. The minimum absolute atomic E-state index is 0. The van der Waals surface area contributed by atoms with Crippen LogP contribution in [0.5, 0.6) is 0 Å². The Morgan fingerprint density at radius 1 is 1.44 bits per heavy atom. The zero-order chi connectivity index (χ0) is 16.5. The van der Waals surface area contributed by atoms with Crippen molar-refractivity contribution in [2.45, 2.75) is 19.5 Å². The van der Waals surface area contributed by atoms with Gasteiger partial charge >= 0.3 is 0 Å². The minimum Gasteiger partial charge on any atom is -0.314 e. The number of hydrogen-bond donors (Lipinski definition) is 1. The number of hydrogen-bond acceptors (Lipinski definition) is 6. The van der Waals surface area contributed by atoms with Crippen LogP contribution in [0.4, 0.5) is 0 Å². The van der Waals surface area contributed by atoms with E-state index in [1.807, 2.05) is 24.6 Å². The molecule has 3 aromatic rings. The lowest BCUT2D eigenvalue weighted by molar-refractivity contribution is 0.151. The maximum absolute atomic E-state index is 12.4. The highest BCUT2D eigenvalue weighted by atomic mass is 35.5. The van der Waals surface area contributed by atoms with Gasteiger partial charge in [0.05, 0.1) is 5.69 Å². The monoisotopic (exact) mass is 377 g/mol. The smallest absolute Gasteiger partial charge is 0.259 e. The van der Waals surface area contributed by atoms with E-state index in [-0.39, 0.29) is 24.0 Å². The van der Waals surface area contributed by atoms with Gasteiger partial charge in [0, 0.05) is 61.8 Å². The molecule has 1 atom stereocenters. The second-order valence-corrected chi connectivity index (χ2v) is 6.89. The van der Waals surface area contributed by atoms with Crippen molar-refractivity contribution in [3.05, 3.63) is 63.3 Å². The first kappa shape index (κ1) is 18.0. The Morgan fingerprint density at radius 3 is 3.12 bits per heavy atom. The summed E-state index contributed by atoms with van der Waals surface area (Å²) in [7, 11) is 0. The molecule has 4 rings (SSSR count).